The number of amides is 2. The van der Waals surface area contributed by atoms with E-state index in [9.17, 15) is 28.5 Å². The maximum Gasteiger partial charge on any atom is 0.410 e. The lowest BCUT2D eigenvalue weighted by Gasteiger charge is -2.35. The van der Waals surface area contributed by atoms with Crippen molar-refractivity contribution in [3.05, 3.63) is 69.9 Å². The van der Waals surface area contributed by atoms with Crippen LogP contribution in [0.3, 0.4) is 0 Å². The molecule has 0 spiro atoms. The molecule has 1 fully saturated rings. The zero-order valence-corrected chi connectivity index (χ0v) is 22.3. The van der Waals surface area contributed by atoms with Gasteiger partial charge in [0.25, 0.3) is 11.6 Å². The van der Waals surface area contributed by atoms with Crippen LogP contribution in [-0.2, 0) is 4.74 Å². The van der Waals surface area contributed by atoms with E-state index in [1.807, 2.05) is 0 Å². The van der Waals surface area contributed by atoms with Gasteiger partial charge in [0.2, 0.25) is 5.89 Å². The van der Waals surface area contributed by atoms with Crippen LogP contribution in [0.2, 0.25) is 0 Å². The van der Waals surface area contributed by atoms with Gasteiger partial charge in [-0.1, -0.05) is 12.1 Å². The zero-order valence-electron chi connectivity index (χ0n) is 22.3. The quantitative estimate of drug-likeness (QED) is 0.332. The van der Waals surface area contributed by atoms with E-state index < -0.39 is 28.1 Å². The highest BCUT2D eigenvalue weighted by atomic mass is 19.1. The number of nitrogens with zero attached hydrogens (tertiary/aromatic N) is 4. The molecule has 11 nitrogen and oxygen atoms in total. The van der Waals surface area contributed by atoms with Gasteiger partial charge in [-0.25, -0.2) is 18.6 Å². The first-order chi connectivity index (χ1) is 18.9. The van der Waals surface area contributed by atoms with Gasteiger partial charge >= 0.3 is 6.09 Å². The van der Waals surface area contributed by atoms with E-state index in [1.54, 1.807) is 25.7 Å². The fourth-order valence-corrected chi connectivity index (χ4v) is 4.17. The van der Waals surface area contributed by atoms with Gasteiger partial charge in [0, 0.05) is 57.0 Å². The number of ether oxygens (including phenoxy) is 1. The van der Waals surface area contributed by atoms with Crippen LogP contribution in [-0.4, -0.2) is 76.6 Å². The Morgan fingerprint density at radius 1 is 1.10 bits per heavy atom. The van der Waals surface area contributed by atoms with Crippen molar-refractivity contribution in [2.45, 2.75) is 26.4 Å². The predicted octanol–water partition coefficient (Wildman–Crippen LogP) is 4.48. The van der Waals surface area contributed by atoms with Gasteiger partial charge in [-0.2, -0.15) is 0 Å². The minimum absolute atomic E-state index is 0.00783. The van der Waals surface area contributed by atoms with E-state index in [0.717, 1.165) is 12.1 Å². The van der Waals surface area contributed by atoms with Crippen LogP contribution < -0.4 is 5.32 Å². The molecule has 40 heavy (non-hydrogen) atoms. The SMILES string of the molecule is CC(C)(C)OC(=O)N1CCN(CCNC(=O)c2nc(-c3cc(F)cc(F)c3)oc2-c2ccccc2[N+](=O)[O-])CC1. The second-order valence-corrected chi connectivity index (χ2v) is 10.2. The molecule has 2 heterocycles. The third-order valence-electron chi connectivity index (χ3n) is 6.03. The minimum Gasteiger partial charge on any atom is -0.444 e. The Morgan fingerprint density at radius 2 is 1.75 bits per heavy atom. The minimum atomic E-state index is -0.877. The number of aromatic nitrogens is 1. The average Bonchev–Trinajstić information content (AvgIpc) is 3.33. The standard InChI is InChI=1S/C27H29F2N5O6/c1-27(2,3)40-26(36)33-12-10-32(11-13-33)9-8-30-24(35)22-23(20-6-4-5-7-21(20)34(37)38)39-25(31-22)17-14-18(28)16-19(29)15-17/h4-7,14-16H,8-13H2,1-3H3,(H,30,35). The first kappa shape index (κ1) is 28.6. The lowest BCUT2D eigenvalue weighted by atomic mass is 10.1. The number of hydrogen-bond donors (Lipinski definition) is 1. The summed E-state index contributed by atoms with van der Waals surface area (Å²) in [4.78, 5) is 44.3. The number of oxazole rings is 1. The number of nitro groups is 1. The number of rotatable bonds is 7. The summed E-state index contributed by atoms with van der Waals surface area (Å²) in [6, 6.07) is 8.28. The monoisotopic (exact) mass is 557 g/mol. The maximum atomic E-state index is 13.8. The van der Waals surface area contributed by atoms with Crippen molar-refractivity contribution in [3.63, 3.8) is 0 Å². The molecule has 1 N–H and O–H groups in total. The molecule has 0 aliphatic carbocycles. The molecule has 1 saturated heterocycles. The summed E-state index contributed by atoms with van der Waals surface area (Å²) in [5, 5.41) is 14.4. The van der Waals surface area contributed by atoms with Gasteiger partial charge in [-0.3, -0.25) is 19.8 Å². The first-order valence-corrected chi connectivity index (χ1v) is 12.6. The summed E-state index contributed by atoms with van der Waals surface area (Å²) >= 11 is 0. The molecule has 0 unspecified atom stereocenters. The van der Waals surface area contributed by atoms with Gasteiger partial charge in [0.1, 0.15) is 17.2 Å². The topological polar surface area (TPSA) is 131 Å². The van der Waals surface area contributed by atoms with Gasteiger partial charge < -0.3 is 19.4 Å². The summed E-state index contributed by atoms with van der Waals surface area (Å²) in [7, 11) is 0. The number of carbonyl (C=O) groups is 2. The molecule has 212 valence electrons. The smallest absolute Gasteiger partial charge is 0.410 e. The molecule has 2 aromatic carbocycles. The number of benzene rings is 2. The second kappa shape index (κ2) is 11.8. The Morgan fingerprint density at radius 3 is 2.38 bits per heavy atom. The van der Waals surface area contributed by atoms with E-state index >= 15 is 0 Å². The van der Waals surface area contributed by atoms with E-state index in [-0.39, 0.29) is 46.8 Å². The molecule has 0 atom stereocenters. The van der Waals surface area contributed by atoms with Gasteiger partial charge in [0.05, 0.1) is 10.5 Å². The highest BCUT2D eigenvalue weighted by molar-refractivity contribution is 5.99. The number of nitrogens with one attached hydrogen (secondary N) is 1. The molecule has 1 aliphatic heterocycles. The molecule has 0 saturated carbocycles. The van der Waals surface area contributed by atoms with Crippen molar-refractivity contribution in [3.8, 4) is 22.8 Å². The van der Waals surface area contributed by atoms with Crippen LogP contribution in [0.15, 0.2) is 46.9 Å². The van der Waals surface area contributed by atoms with Gasteiger partial charge in [0.15, 0.2) is 11.5 Å². The van der Waals surface area contributed by atoms with Crippen molar-refractivity contribution < 1.29 is 32.4 Å². The molecule has 2 amide bonds. The molecule has 13 heteroatoms. The summed E-state index contributed by atoms with van der Waals surface area (Å²) < 4.78 is 38.8. The number of halogens is 2. The number of piperazine rings is 1. The summed E-state index contributed by atoms with van der Waals surface area (Å²) in [5.74, 6) is -2.89. The third-order valence-corrected chi connectivity index (χ3v) is 6.03. The third kappa shape index (κ3) is 6.97. The van der Waals surface area contributed by atoms with Crippen LogP contribution in [0.1, 0.15) is 31.3 Å². The van der Waals surface area contributed by atoms with Gasteiger partial charge in [-0.05, 0) is 39.0 Å². The Bertz CT molecular complexity index is 1390. The van der Waals surface area contributed by atoms with Crippen molar-refractivity contribution in [1.82, 2.24) is 20.1 Å². The Hall–Kier alpha value is -4.39. The molecule has 0 bridgehead atoms. The number of nitro benzene ring substituents is 1. The Balaban J connectivity index is 1.48. The lowest BCUT2D eigenvalue weighted by molar-refractivity contribution is -0.384. The number of hydrogen-bond acceptors (Lipinski definition) is 8. The molecular weight excluding hydrogens is 528 g/mol. The van der Waals surface area contributed by atoms with Crippen LogP contribution in [0, 0.1) is 21.7 Å². The van der Waals surface area contributed by atoms with Crippen LogP contribution in [0.5, 0.6) is 0 Å². The lowest BCUT2D eigenvalue weighted by Crippen LogP contribution is -2.51. The van der Waals surface area contributed by atoms with Gasteiger partial charge in [-0.15, -0.1) is 0 Å². The molecule has 1 aliphatic rings. The fraction of sp³-hybridized carbons (Fsp3) is 0.370. The highest BCUT2D eigenvalue weighted by Crippen LogP contribution is 2.35. The van der Waals surface area contributed by atoms with Crippen molar-refractivity contribution in [2.24, 2.45) is 0 Å². The number of para-hydroxylation sites is 1. The van der Waals surface area contributed by atoms with Crippen LogP contribution in [0.25, 0.3) is 22.8 Å². The Labute approximate surface area is 228 Å². The molecule has 0 radical (unpaired) electrons. The normalized spacial score (nSPS) is 14.2. The maximum absolute atomic E-state index is 13.8. The number of carbonyl (C=O) groups excluding carboxylic acids is 2. The van der Waals surface area contributed by atoms with E-state index in [2.05, 4.69) is 15.2 Å². The predicted molar refractivity (Wildman–Crippen MR) is 141 cm³/mol. The van der Waals surface area contributed by atoms with Crippen LogP contribution in [0.4, 0.5) is 19.3 Å². The second-order valence-electron chi connectivity index (χ2n) is 10.2. The molecule has 1 aromatic heterocycles. The highest BCUT2D eigenvalue weighted by Gasteiger charge is 2.29. The van der Waals surface area contributed by atoms with Crippen LogP contribution >= 0.6 is 0 Å². The summed E-state index contributed by atoms with van der Waals surface area (Å²) in [6.45, 7) is 8.19. The summed E-state index contributed by atoms with van der Waals surface area (Å²) in [5.41, 5.74) is -1.25. The average molecular weight is 558 g/mol. The van der Waals surface area contributed by atoms with E-state index in [1.165, 1.54) is 24.3 Å². The van der Waals surface area contributed by atoms with Crippen molar-refractivity contribution in [2.75, 3.05) is 39.3 Å². The first-order valence-electron chi connectivity index (χ1n) is 12.6. The van der Waals surface area contributed by atoms with Crippen molar-refractivity contribution >= 4 is 17.7 Å². The molecule has 4 rings (SSSR count). The van der Waals surface area contributed by atoms with E-state index in [0.29, 0.717) is 38.8 Å². The largest absolute Gasteiger partial charge is 0.444 e. The van der Waals surface area contributed by atoms with E-state index in [4.69, 9.17) is 9.15 Å². The molecular formula is C27H29F2N5O6. The molecule has 3 aromatic rings. The Kier molecular flexibility index (Phi) is 8.43. The zero-order chi connectivity index (χ0) is 29.0. The fourth-order valence-electron chi connectivity index (χ4n) is 4.17. The summed E-state index contributed by atoms with van der Waals surface area (Å²) in [6.07, 6.45) is -0.372. The van der Waals surface area contributed by atoms with Crippen molar-refractivity contribution in [1.29, 1.82) is 0 Å².